The van der Waals surface area contributed by atoms with Crippen molar-refractivity contribution in [3.05, 3.63) is 65.2 Å². The monoisotopic (exact) mass is 549 g/mol. The van der Waals surface area contributed by atoms with E-state index in [-0.39, 0.29) is 53.3 Å². The van der Waals surface area contributed by atoms with Gasteiger partial charge < -0.3 is 11.1 Å². The predicted molar refractivity (Wildman–Crippen MR) is 134 cm³/mol. The second-order valence-corrected chi connectivity index (χ2v) is 9.71. The predicted octanol–water partition coefficient (Wildman–Crippen LogP) is 5.94. The van der Waals surface area contributed by atoms with Crippen LogP contribution in [0.4, 0.5) is 27.6 Å². The van der Waals surface area contributed by atoms with Gasteiger partial charge in [-0.1, -0.05) is 12.1 Å². The molecule has 2 aromatic heterocycles. The number of aryl methyl sites for hydroxylation is 2. The first kappa shape index (κ1) is 28.2. The number of nitrogens with one attached hydrogen (secondary N) is 1. The van der Waals surface area contributed by atoms with Gasteiger partial charge in [0.15, 0.2) is 0 Å². The molecule has 0 aliphatic heterocycles. The Hall–Kier alpha value is -3.83. The van der Waals surface area contributed by atoms with Crippen molar-refractivity contribution >= 4 is 17.5 Å². The van der Waals surface area contributed by atoms with Gasteiger partial charge in [0.1, 0.15) is 5.69 Å². The molecule has 2 heterocycles. The minimum absolute atomic E-state index is 0.0598. The number of nitrogens with two attached hydrogens (primary N) is 1. The number of amides is 2. The lowest BCUT2D eigenvalue weighted by atomic mass is 9.76. The number of carbonyl (C=O) groups is 2. The molecule has 0 saturated heterocycles. The molecular formula is C27H28F5N5O2. The van der Waals surface area contributed by atoms with Gasteiger partial charge in [-0.3, -0.25) is 19.3 Å². The van der Waals surface area contributed by atoms with Gasteiger partial charge in [0.05, 0.1) is 17.2 Å². The highest BCUT2D eigenvalue weighted by molar-refractivity contribution is 5.97. The van der Waals surface area contributed by atoms with E-state index < -0.39 is 47.7 Å². The van der Waals surface area contributed by atoms with Crippen LogP contribution in [0.1, 0.15) is 66.0 Å². The largest absolute Gasteiger partial charge is 0.417 e. The number of hydrogen-bond donors (Lipinski definition) is 2. The zero-order chi connectivity index (χ0) is 28.5. The maximum atomic E-state index is 14.3. The molecule has 3 N–H and O–H groups in total. The van der Waals surface area contributed by atoms with Crippen molar-refractivity contribution < 1.29 is 31.5 Å². The summed E-state index contributed by atoms with van der Waals surface area (Å²) in [6.07, 6.45) is -3.71. The smallest absolute Gasteiger partial charge is 0.364 e. The Balaban J connectivity index is 1.65. The summed E-state index contributed by atoms with van der Waals surface area (Å²) >= 11 is 0. The second-order valence-electron chi connectivity index (χ2n) is 9.71. The average molecular weight is 550 g/mol. The van der Waals surface area contributed by atoms with Crippen LogP contribution in [0.25, 0.3) is 11.1 Å². The Labute approximate surface area is 221 Å². The molecular weight excluding hydrogens is 521 g/mol. The van der Waals surface area contributed by atoms with Gasteiger partial charge in [0.25, 0.3) is 5.91 Å². The van der Waals surface area contributed by atoms with Gasteiger partial charge in [-0.25, -0.2) is 8.78 Å². The molecule has 208 valence electrons. The van der Waals surface area contributed by atoms with Crippen molar-refractivity contribution in [3.8, 4) is 11.1 Å². The van der Waals surface area contributed by atoms with Crippen LogP contribution in [-0.2, 0) is 17.5 Å². The molecule has 0 spiro atoms. The van der Waals surface area contributed by atoms with Crippen molar-refractivity contribution in [2.24, 2.45) is 11.7 Å². The third-order valence-corrected chi connectivity index (χ3v) is 6.99. The van der Waals surface area contributed by atoms with Crippen molar-refractivity contribution in [1.82, 2.24) is 14.8 Å². The van der Waals surface area contributed by atoms with E-state index >= 15 is 0 Å². The Morgan fingerprint density at radius 3 is 2.46 bits per heavy atom. The fraction of sp³-hybridized carbons (Fsp3) is 0.407. The number of alkyl halides is 5. The minimum atomic E-state index is -4.59. The number of nitrogens with zero attached hydrogens (tertiary/aromatic N) is 3. The minimum Gasteiger partial charge on any atom is -0.364 e. The number of carbonyl (C=O) groups excluding carboxylic acids is 2. The molecule has 0 radical (unpaired) electrons. The lowest BCUT2D eigenvalue weighted by Gasteiger charge is -2.33. The highest BCUT2D eigenvalue weighted by Crippen LogP contribution is 2.44. The molecule has 1 aliphatic carbocycles. The van der Waals surface area contributed by atoms with E-state index in [9.17, 15) is 31.5 Å². The van der Waals surface area contributed by atoms with Gasteiger partial charge in [-0.2, -0.15) is 18.3 Å². The summed E-state index contributed by atoms with van der Waals surface area (Å²) in [5, 5.41) is 7.02. The number of pyridine rings is 1. The highest BCUT2D eigenvalue weighted by Gasteiger charge is 2.43. The number of benzene rings is 1. The van der Waals surface area contributed by atoms with Crippen molar-refractivity contribution in [3.63, 3.8) is 0 Å². The van der Waals surface area contributed by atoms with Crippen LogP contribution >= 0.6 is 0 Å². The van der Waals surface area contributed by atoms with E-state index in [2.05, 4.69) is 15.4 Å². The molecule has 3 aromatic rings. The summed E-state index contributed by atoms with van der Waals surface area (Å²) in [4.78, 5) is 29.4. The number of primary amides is 1. The molecule has 1 fully saturated rings. The van der Waals surface area contributed by atoms with Crippen molar-refractivity contribution in [2.75, 3.05) is 5.32 Å². The quantitative estimate of drug-likeness (QED) is 0.356. The standard InChI is InChI=1S/C27H28F5N5O2/c1-3-37-21(24(33)38)13-20(36-37)23(17-5-4-11-26(28,29)14-17)25(39)35-18-8-6-16(7-9-18)22-15(2)34-12-10-19(22)27(30,31)32/h6-10,12-13,17,23H,3-5,11,14H2,1-2H3,(H2,33,38)(H,35,39). The first-order chi connectivity index (χ1) is 18.3. The fourth-order valence-electron chi connectivity index (χ4n) is 5.22. The Morgan fingerprint density at radius 1 is 1.21 bits per heavy atom. The van der Waals surface area contributed by atoms with E-state index in [1.54, 1.807) is 6.92 Å². The number of hydrogen-bond acceptors (Lipinski definition) is 4. The van der Waals surface area contributed by atoms with Crippen LogP contribution in [-0.4, -0.2) is 32.5 Å². The van der Waals surface area contributed by atoms with E-state index in [0.29, 0.717) is 6.42 Å². The summed E-state index contributed by atoms with van der Waals surface area (Å²) in [5.41, 5.74) is 5.45. The first-order valence-electron chi connectivity index (χ1n) is 12.5. The molecule has 2 amide bonds. The van der Waals surface area contributed by atoms with Crippen LogP contribution in [0.2, 0.25) is 0 Å². The number of aromatic nitrogens is 3. The van der Waals surface area contributed by atoms with E-state index in [4.69, 9.17) is 5.73 Å². The van der Waals surface area contributed by atoms with Gasteiger partial charge >= 0.3 is 6.18 Å². The molecule has 2 unspecified atom stereocenters. The van der Waals surface area contributed by atoms with Crippen LogP contribution in [0.5, 0.6) is 0 Å². The van der Waals surface area contributed by atoms with Crippen LogP contribution in [0, 0.1) is 12.8 Å². The van der Waals surface area contributed by atoms with Crippen LogP contribution in [0.15, 0.2) is 42.6 Å². The van der Waals surface area contributed by atoms with Crippen LogP contribution in [0.3, 0.4) is 0 Å². The zero-order valence-corrected chi connectivity index (χ0v) is 21.4. The summed E-state index contributed by atoms with van der Waals surface area (Å²) < 4.78 is 70.7. The maximum absolute atomic E-state index is 14.3. The first-order valence-corrected chi connectivity index (χ1v) is 12.5. The molecule has 7 nitrogen and oxygen atoms in total. The molecule has 1 aliphatic rings. The van der Waals surface area contributed by atoms with Crippen molar-refractivity contribution in [2.45, 2.75) is 64.1 Å². The second kappa shape index (κ2) is 10.7. The van der Waals surface area contributed by atoms with Gasteiger partial charge in [0, 0.05) is 42.5 Å². The Kier molecular flexibility index (Phi) is 7.76. The molecule has 39 heavy (non-hydrogen) atoms. The molecule has 0 bridgehead atoms. The van der Waals surface area contributed by atoms with Gasteiger partial charge in [-0.15, -0.1) is 0 Å². The molecule has 1 saturated carbocycles. The van der Waals surface area contributed by atoms with Crippen LogP contribution < -0.4 is 11.1 Å². The lowest BCUT2D eigenvalue weighted by molar-refractivity contribution is -0.137. The van der Waals surface area contributed by atoms with E-state index in [1.807, 2.05) is 0 Å². The third kappa shape index (κ3) is 6.10. The summed E-state index contributed by atoms with van der Waals surface area (Å²) in [6.45, 7) is 3.48. The Bertz CT molecular complexity index is 1370. The van der Waals surface area contributed by atoms with Crippen molar-refractivity contribution in [1.29, 1.82) is 0 Å². The van der Waals surface area contributed by atoms with E-state index in [0.717, 1.165) is 12.3 Å². The molecule has 12 heteroatoms. The number of halogens is 5. The fourth-order valence-corrected chi connectivity index (χ4v) is 5.22. The zero-order valence-electron chi connectivity index (χ0n) is 21.4. The van der Waals surface area contributed by atoms with Gasteiger partial charge in [-0.05, 0) is 62.4 Å². The highest BCUT2D eigenvalue weighted by atomic mass is 19.4. The maximum Gasteiger partial charge on any atom is 0.417 e. The molecule has 2 atom stereocenters. The summed E-state index contributed by atoms with van der Waals surface area (Å²) in [5.74, 6) is -6.17. The van der Waals surface area contributed by atoms with Gasteiger partial charge in [0.2, 0.25) is 11.8 Å². The normalized spacial score (nSPS) is 18.0. The van der Waals surface area contributed by atoms with E-state index in [1.165, 1.54) is 41.9 Å². The number of anilines is 1. The topological polar surface area (TPSA) is 103 Å². The lowest BCUT2D eigenvalue weighted by Crippen LogP contribution is -2.35. The SMILES string of the molecule is CCn1nc(C(C(=O)Nc2ccc(-c3c(C(F)(F)F)ccnc3C)cc2)C2CCCC(F)(F)C2)cc1C(N)=O. The molecule has 1 aromatic carbocycles. The molecule has 4 rings (SSSR count). The number of rotatable bonds is 7. The average Bonchev–Trinajstić information content (AvgIpc) is 3.28. The Morgan fingerprint density at radius 2 is 1.90 bits per heavy atom. The summed E-state index contributed by atoms with van der Waals surface area (Å²) in [7, 11) is 0. The summed E-state index contributed by atoms with van der Waals surface area (Å²) in [6, 6.07) is 7.98. The third-order valence-electron chi connectivity index (χ3n) is 6.99.